The molecule has 0 aromatic heterocycles. The molecule has 1 nitrogen and oxygen atoms in total. The third kappa shape index (κ3) is 5.26. The van der Waals surface area contributed by atoms with Gasteiger partial charge in [-0.15, -0.1) is 0 Å². The third-order valence-corrected chi connectivity index (χ3v) is 2.88. The van der Waals surface area contributed by atoms with Gasteiger partial charge < -0.3 is 5.11 Å². The molecule has 0 aliphatic rings. The molecule has 0 amide bonds. The molecule has 0 heterocycles. The van der Waals surface area contributed by atoms with Crippen LogP contribution in [0.15, 0.2) is 18.2 Å². The predicted molar refractivity (Wildman–Crippen MR) is 73.2 cm³/mol. The molecule has 2 heteroatoms. The van der Waals surface area contributed by atoms with E-state index in [0.29, 0.717) is 0 Å². The van der Waals surface area contributed by atoms with Crippen LogP contribution in [0.2, 0.25) is 5.02 Å². The molecule has 1 N–H and O–H groups in total. The maximum absolute atomic E-state index is 9.68. The fraction of sp³-hybridized carbons (Fsp3) is 0.467. The number of halogens is 1. The average Bonchev–Trinajstić information content (AvgIpc) is 2.28. The summed E-state index contributed by atoms with van der Waals surface area (Å²) in [6.07, 6.45) is 3.59. The van der Waals surface area contributed by atoms with Gasteiger partial charge in [0.15, 0.2) is 0 Å². The van der Waals surface area contributed by atoms with Gasteiger partial charge in [0, 0.05) is 10.6 Å². The van der Waals surface area contributed by atoms with Gasteiger partial charge in [-0.05, 0) is 43.5 Å². The van der Waals surface area contributed by atoms with E-state index in [9.17, 15) is 5.11 Å². The van der Waals surface area contributed by atoms with Gasteiger partial charge >= 0.3 is 0 Å². The minimum Gasteiger partial charge on any atom is -0.380 e. The Hall–Kier alpha value is -0.970. The number of hydrogen-bond donors (Lipinski definition) is 1. The van der Waals surface area contributed by atoms with Crippen LogP contribution in [0, 0.1) is 18.8 Å². The van der Waals surface area contributed by atoms with E-state index >= 15 is 0 Å². The zero-order chi connectivity index (χ0) is 12.7. The van der Waals surface area contributed by atoms with Crippen molar-refractivity contribution in [1.82, 2.24) is 0 Å². The summed E-state index contributed by atoms with van der Waals surface area (Å²) in [5.41, 5.74) is 1.98. The molecule has 1 atom stereocenters. The molecule has 0 radical (unpaired) electrons. The first kappa shape index (κ1) is 14.1. The van der Waals surface area contributed by atoms with Crippen LogP contribution in [-0.2, 0) is 0 Å². The predicted octanol–water partition coefficient (Wildman–Crippen LogP) is 3.94. The Bertz CT molecular complexity index is 415. The molecule has 92 valence electrons. The van der Waals surface area contributed by atoms with Crippen molar-refractivity contribution >= 4 is 11.6 Å². The van der Waals surface area contributed by atoms with Crippen molar-refractivity contribution in [3.05, 3.63) is 34.3 Å². The molecule has 0 aliphatic heterocycles. The fourth-order valence-corrected chi connectivity index (χ4v) is 1.81. The van der Waals surface area contributed by atoms with Crippen molar-refractivity contribution in [3.63, 3.8) is 0 Å². The average molecular weight is 251 g/mol. The minimum atomic E-state index is -0.517. The summed E-state index contributed by atoms with van der Waals surface area (Å²) >= 11 is 5.87. The summed E-state index contributed by atoms with van der Waals surface area (Å²) in [4.78, 5) is 0. The van der Waals surface area contributed by atoms with Gasteiger partial charge in [-0.3, -0.25) is 0 Å². The number of unbranched alkanes of at least 4 members (excludes halogenated alkanes) is 2. The normalized spacial score (nSPS) is 11.8. The summed E-state index contributed by atoms with van der Waals surface area (Å²) in [5.74, 6) is 5.89. The molecule has 1 aromatic carbocycles. The Balaban J connectivity index is 2.58. The van der Waals surface area contributed by atoms with E-state index in [4.69, 9.17) is 11.6 Å². The highest BCUT2D eigenvalue weighted by molar-refractivity contribution is 6.30. The van der Waals surface area contributed by atoms with Gasteiger partial charge in [-0.25, -0.2) is 0 Å². The summed E-state index contributed by atoms with van der Waals surface area (Å²) < 4.78 is 0. The van der Waals surface area contributed by atoms with Crippen LogP contribution in [0.3, 0.4) is 0 Å². The van der Waals surface area contributed by atoms with Gasteiger partial charge in [-0.2, -0.15) is 0 Å². The second-order valence-corrected chi connectivity index (χ2v) is 4.68. The van der Waals surface area contributed by atoms with Crippen LogP contribution in [0.1, 0.15) is 43.7 Å². The Labute approximate surface area is 109 Å². The van der Waals surface area contributed by atoms with Crippen LogP contribution in [-0.4, -0.2) is 11.2 Å². The zero-order valence-electron chi connectivity index (χ0n) is 10.5. The van der Waals surface area contributed by atoms with Crippen molar-refractivity contribution in [2.24, 2.45) is 0 Å². The van der Waals surface area contributed by atoms with Crippen LogP contribution < -0.4 is 0 Å². The summed E-state index contributed by atoms with van der Waals surface area (Å²) in [6.45, 7) is 4.12. The molecule has 0 saturated carbocycles. The highest BCUT2D eigenvalue weighted by atomic mass is 35.5. The SMILES string of the molecule is CCCCCC(O)C#Cc1ccc(Cl)cc1C. The van der Waals surface area contributed by atoms with Crippen LogP contribution in [0.5, 0.6) is 0 Å². The first-order chi connectivity index (χ1) is 8.13. The number of aliphatic hydroxyl groups excluding tert-OH is 1. The van der Waals surface area contributed by atoms with Gasteiger partial charge in [0.05, 0.1) is 0 Å². The van der Waals surface area contributed by atoms with Crippen LogP contribution in [0.25, 0.3) is 0 Å². The molecule has 0 aliphatic carbocycles. The van der Waals surface area contributed by atoms with E-state index in [-0.39, 0.29) is 0 Å². The van der Waals surface area contributed by atoms with Gasteiger partial charge in [-0.1, -0.05) is 43.2 Å². The summed E-state index contributed by atoms with van der Waals surface area (Å²) in [7, 11) is 0. The van der Waals surface area contributed by atoms with E-state index in [1.165, 1.54) is 0 Å². The number of aliphatic hydroxyl groups is 1. The Morgan fingerprint density at radius 1 is 1.35 bits per heavy atom. The van der Waals surface area contributed by atoms with Crippen LogP contribution in [0.4, 0.5) is 0 Å². The maximum atomic E-state index is 9.68. The van der Waals surface area contributed by atoms with Crippen molar-refractivity contribution in [1.29, 1.82) is 0 Å². The Morgan fingerprint density at radius 2 is 2.12 bits per heavy atom. The van der Waals surface area contributed by atoms with E-state index in [0.717, 1.165) is 41.8 Å². The zero-order valence-corrected chi connectivity index (χ0v) is 11.2. The summed E-state index contributed by atoms with van der Waals surface area (Å²) in [6, 6.07) is 5.60. The number of hydrogen-bond acceptors (Lipinski definition) is 1. The monoisotopic (exact) mass is 250 g/mol. The molecular weight excluding hydrogens is 232 g/mol. The second kappa shape index (κ2) is 7.37. The molecule has 0 spiro atoms. The van der Waals surface area contributed by atoms with Crippen molar-refractivity contribution in [2.45, 2.75) is 45.6 Å². The van der Waals surface area contributed by atoms with Crippen molar-refractivity contribution in [3.8, 4) is 11.8 Å². The molecular formula is C15H19ClO. The molecule has 0 bridgehead atoms. The van der Waals surface area contributed by atoms with Crippen molar-refractivity contribution < 1.29 is 5.11 Å². The quantitative estimate of drug-likeness (QED) is 0.634. The largest absolute Gasteiger partial charge is 0.380 e. The molecule has 0 saturated heterocycles. The Kier molecular flexibility index (Phi) is 6.11. The first-order valence-corrected chi connectivity index (χ1v) is 6.47. The molecule has 1 unspecified atom stereocenters. The molecule has 1 rings (SSSR count). The van der Waals surface area contributed by atoms with Gasteiger partial charge in [0.1, 0.15) is 6.10 Å². The van der Waals surface area contributed by atoms with E-state index in [1.54, 1.807) is 0 Å². The standard InChI is InChI=1S/C15H19ClO/c1-3-4-5-6-15(17)10-8-13-7-9-14(16)11-12(13)2/h7,9,11,15,17H,3-6H2,1-2H3. The lowest BCUT2D eigenvalue weighted by atomic mass is 10.1. The minimum absolute atomic E-state index is 0.517. The van der Waals surface area contributed by atoms with Gasteiger partial charge in [0.2, 0.25) is 0 Å². The topological polar surface area (TPSA) is 20.2 Å². The van der Waals surface area contributed by atoms with Crippen LogP contribution >= 0.6 is 11.6 Å². The second-order valence-electron chi connectivity index (χ2n) is 4.24. The smallest absolute Gasteiger partial charge is 0.115 e. The highest BCUT2D eigenvalue weighted by Gasteiger charge is 1.99. The number of aryl methyl sites for hydroxylation is 1. The summed E-state index contributed by atoms with van der Waals surface area (Å²) in [5, 5.41) is 10.4. The molecule has 17 heavy (non-hydrogen) atoms. The van der Waals surface area contributed by atoms with E-state index in [2.05, 4.69) is 18.8 Å². The first-order valence-electron chi connectivity index (χ1n) is 6.09. The Morgan fingerprint density at radius 3 is 2.76 bits per heavy atom. The molecule has 1 aromatic rings. The van der Waals surface area contributed by atoms with Gasteiger partial charge in [0.25, 0.3) is 0 Å². The maximum Gasteiger partial charge on any atom is 0.115 e. The van der Waals surface area contributed by atoms with E-state index in [1.807, 2.05) is 25.1 Å². The lowest BCUT2D eigenvalue weighted by Gasteiger charge is -2.02. The lowest BCUT2D eigenvalue weighted by molar-refractivity contribution is 0.217. The molecule has 0 fully saturated rings. The van der Waals surface area contributed by atoms with Crippen molar-refractivity contribution in [2.75, 3.05) is 0 Å². The third-order valence-electron chi connectivity index (χ3n) is 2.64. The fourth-order valence-electron chi connectivity index (χ4n) is 1.59. The number of rotatable bonds is 4. The highest BCUT2D eigenvalue weighted by Crippen LogP contribution is 2.14. The van der Waals surface area contributed by atoms with E-state index < -0.39 is 6.10 Å². The number of benzene rings is 1. The lowest BCUT2D eigenvalue weighted by Crippen LogP contribution is -2.02.